The summed E-state index contributed by atoms with van der Waals surface area (Å²) in [6.07, 6.45) is 68.0. The molecule has 0 aromatic heterocycles. The first-order valence-electron chi connectivity index (χ1n) is 24.0. The summed E-state index contributed by atoms with van der Waals surface area (Å²) in [5.74, 6) is -0.370. The number of allylic oxidation sites excluding steroid dienone is 20. The molecule has 62 heavy (non-hydrogen) atoms. The number of rotatable bonds is 44. The Labute approximate surface area is 379 Å². The average molecular weight is 882 g/mol. The average Bonchev–Trinajstić information content (AvgIpc) is 3.26. The molecule has 3 N–H and O–H groups in total. The minimum absolute atomic E-state index is 0.0856. The number of carbonyl (C=O) groups is 1. The summed E-state index contributed by atoms with van der Waals surface area (Å²) in [4.78, 5) is 22.6. The summed E-state index contributed by atoms with van der Waals surface area (Å²) < 4.78 is 33.5. The van der Waals surface area contributed by atoms with Crippen molar-refractivity contribution in [1.29, 1.82) is 0 Å². The molecule has 0 saturated heterocycles. The van der Waals surface area contributed by atoms with Crippen LogP contribution in [0.1, 0.15) is 168 Å². The Bertz CT molecular complexity index is 1360. The van der Waals surface area contributed by atoms with Gasteiger partial charge in [-0.15, -0.1) is 0 Å². The Morgan fingerprint density at radius 1 is 0.484 bits per heavy atom. The highest BCUT2D eigenvalue weighted by atomic mass is 31.2. The molecule has 0 saturated carbocycles. The van der Waals surface area contributed by atoms with Gasteiger partial charge in [0.2, 0.25) is 0 Å². The lowest BCUT2D eigenvalue weighted by molar-refractivity contribution is -0.154. The van der Waals surface area contributed by atoms with E-state index in [0.29, 0.717) is 13.0 Å². The quantitative estimate of drug-likeness (QED) is 0.0269. The Kier molecular flexibility index (Phi) is 46.5. The molecule has 8 nitrogen and oxygen atoms in total. The third-order valence-electron chi connectivity index (χ3n) is 9.37. The van der Waals surface area contributed by atoms with E-state index in [1.54, 1.807) is 0 Å². The largest absolute Gasteiger partial charge is 0.472 e. The van der Waals surface area contributed by atoms with Crippen LogP contribution in [0.25, 0.3) is 0 Å². The first-order chi connectivity index (χ1) is 30.4. The number of phosphoric ester groups is 1. The topological polar surface area (TPSA) is 117 Å². The van der Waals surface area contributed by atoms with Crippen LogP contribution in [0.15, 0.2) is 122 Å². The highest BCUT2D eigenvalue weighted by molar-refractivity contribution is 7.47. The highest BCUT2D eigenvalue weighted by Crippen LogP contribution is 2.43. The normalized spacial score (nSPS) is 14.5. The van der Waals surface area contributed by atoms with Crippen LogP contribution in [0.3, 0.4) is 0 Å². The van der Waals surface area contributed by atoms with Crippen molar-refractivity contribution < 1.29 is 32.8 Å². The molecule has 0 aliphatic carbocycles. The van der Waals surface area contributed by atoms with E-state index in [2.05, 4.69) is 135 Å². The van der Waals surface area contributed by atoms with E-state index >= 15 is 0 Å². The first kappa shape index (κ1) is 58.9. The van der Waals surface area contributed by atoms with Crippen molar-refractivity contribution in [1.82, 2.24) is 0 Å². The number of unbranched alkanes of at least 4 members (excludes halogenated alkanes) is 11. The molecular weight excluding hydrogens is 794 g/mol. The second-order valence-corrected chi connectivity index (χ2v) is 16.7. The Balaban J connectivity index is 4.09. The van der Waals surface area contributed by atoms with Gasteiger partial charge in [-0.2, -0.15) is 0 Å². The van der Waals surface area contributed by atoms with Crippen molar-refractivity contribution in [3.05, 3.63) is 122 Å². The molecule has 0 fully saturated rings. The van der Waals surface area contributed by atoms with E-state index in [1.165, 1.54) is 32.1 Å². The van der Waals surface area contributed by atoms with Gasteiger partial charge in [-0.05, 0) is 103 Å². The zero-order valence-corrected chi connectivity index (χ0v) is 39.9. The molecule has 0 aliphatic heterocycles. The Hall–Kier alpha value is -3.10. The second-order valence-electron chi connectivity index (χ2n) is 15.2. The van der Waals surface area contributed by atoms with Gasteiger partial charge in [0.25, 0.3) is 0 Å². The van der Waals surface area contributed by atoms with Gasteiger partial charge in [0.15, 0.2) is 0 Å². The van der Waals surface area contributed by atoms with Crippen LogP contribution in [0.4, 0.5) is 0 Å². The van der Waals surface area contributed by atoms with Crippen LogP contribution in [-0.4, -0.2) is 49.9 Å². The smallest absolute Gasteiger partial charge is 0.457 e. The minimum atomic E-state index is -4.30. The molecule has 0 aromatic carbocycles. The van der Waals surface area contributed by atoms with Crippen molar-refractivity contribution in [3.8, 4) is 0 Å². The fraction of sp³-hybridized carbons (Fsp3) is 0.604. The lowest BCUT2D eigenvalue weighted by atomic mass is 10.1. The summed E-state index contributed by atoms with van der Waals surface area (Å²) in [5.41, 5.74) is 5.38. The van der Waals surface area contributed by atoms with Crippen LogP contribution < -0.4 is 5.73 Å². The van der Waals surface area contributed by atoms with Crippen LogP contribution in [-0.2, 0) is 27.9 Å². The lowest BCUT2D eigenvalue weighted by Gasteiger charge is -2.20. The molecule has 2 unspecified atom stereocenters. The maximum Gasteiger partial charge on any atom is 0.472 e. The maximum atomic E-state index is 12.6. The SMILES string of the molecule is CC/C=C\C/C=C\C/C=C\C/C=C\C/C=C\CCCCCCCCCCOCC(COP(=O)(O)OCCN)OC(=O)CCCCC/C=C\C/C=C\C/C=C\C/C=C\C/C=C\CC. The monoisotopic (exact) mass is 882 g/mol. The third-order valence-corrected chi connectivity index (χ3v) is 10.4. The molecule has 0 rings (SSSR count). The molecule has 0 heterocycles. The van der Waals surface area contributed by atoms with Gasteiger partial charge in [-0.1, -0.05) is 180 Å². The van der Waals surface area contributed by atoms with E-state index in [-0.39, 0.29) is 38.8 Å². The summed E-state index contributed by atoms with van der Waals surface area (Å²) in [7, 11) is -4.30. The van der Waals surface area contributed by atoms with Gasteiger partial charge in [0, 0.05) is 19.6 Å². The van der Waals surface area contributed by atoms with Crippen molar-refractivity contribution in [2.24, 2.45) is 5.73 Å². The fourth-order valence-electron chi connectivity index (χ4n) is 5.93. The van der Waals surface area contributed by atoms with E-state index in [4.69, 9.17) is 24.3 Å². The van der Waals surface area contributed by atoms with Crippen molar-refractivity contribution in [2.45, 2.75) is 174 Å². The first-order valence-corrected chi connectivity index (χ1v) is 25.5. The molecule has 352 valence electrons. The van der Waals surface area contributed by atoms with Gasteiger partial charge in [0.05, 0.1) is 19.8 Å². The summed E-state index contributed by atoms with van der Waals surface area (Å²) in [6, 6.07) is 0. The number of ether oxygens (including phenoxy) is 2. The van der Waals surface area contributed by atoms with Crippen LogP contribution in [0.5, 0.6) is 0 Å². The van der Waals surface area contributed by atoms with Gasteiger partial charge >= 0.3 is 13.8 Å². The summed E-state index contributed by atoms with van der Waals surface area (Å²) in [5, 5.41) is 0. The number of nitrogens with two attached hydrogens (primary N) is 1. The number of carbonyl (C=O) groups excluding carboxylic acids is 1. The predicted molar refractivity (Wildman–Crippen MR) is 265 cm³/mol. The molecule has 0 aromatic rings. The van der Waals surface area contributed by atoms with Crippen molar-refractivity contribution in [2.75, 3.05) is 33.0 Å². The standard InChI is InChI=1S/C53H88NO7P/c1-3-5-7-9-11-13-15-17-19-21-23-24-25-26-27-29-31-33-35-37-39-41-43-45-48-58-50-52(51-60-62(56,57)59-49-47-54)61-53(55)46-44-42-40-38-36-34-32-30-28-22-20-18-16-14-12-10-8-6-4-2/h5-8,11-14,17-20,23-24,26-28,30,34,36,52H,3-4,9-10,15-16,21-22,25,29,31-33,35,37-51,54H2,1-2H3,(H,56,57)/b7-5-,8-6-,13-11-,14-12-,19-17-,20-18-,24-23-,27-26-,30-28-,36-34-. The zero-order chi connectivity index (χ0) is 45.1. The minimum Gasteiger partial charge on any atom is -0.457 e. The summed E-state index contributed by atoms with van der Waals surface area (Å²) in [6.45, 7) is 4.60. The molecular formula is C53H88NO7P. The Morgan fingerprint density at radius 2 is 0.855 bits per heavy atom. The van der Waals surface area contributed by atoms with Crippen LogP contribution in [0, 0.1) is 0 Å². The lowest BCUT2D eigenvalue weighted by Crippen LogP contribution is -2.28. The van der Waals surface area contributed by atoms with Crippen LogP contribution in [0.2, 0.25) is 0 Å². The molecule has 0 spiro atoms. The van der Waals surface area contributed by atoms with E-state index in [1.807, 2.05) is 0 Å². The molecule has 0 bridgehead atoms. The number of hydrogen-bond acceptors (Lipinski definition) is 7. The summed E-state index contributed by atoms with van der Waals surface area (Å²) >= 11 is 0. The van der Waals surface area contributed by atoms with E-state index in [9.17, 15) is 14.3 Å². The number of phosphoric acid groups is 1. The predicted octanol–water partition coefficient (Wildman–Crippen LogP) is 15.0. The molecule has 0 radical (unpaired) electrons. The molecule has 0 amide bonds. The number of esters is 1. The Morgan fingerprint density at radius 3 is 1.27 bits per heavy atom. The zero-order valence-electron chi connectivity index (χ0n) is 39.1. The van der Waals surface area contributed by atoms with Gasteiger partial charge in [0.1, 0.15) is 6.10 Å². The molecule has 0 aliphatic rings. The van der Waals surface area contributed by atoms with E-state index in [0.717, 1.165) is 109 Å². The van der Waals surface area contributed by atoms with Crippen molar-refractivity contribution >= 4 is 13.8 Å². The third kappa shape index (κ3) is 47.9. The highest BCUT2D eigenvalue weighted by Gasteiger charge is 2.25. The van der Waals surface area contributed by atoms with Crippen molar-refractivity contribution in [3.63, 3.8) is 0 Å². The van der Waals surface area contributed by atoms with Gasteiger partial charge in [-0.3, -0.25) is 13.8 Å². The maximum absolute atomic E-state index is 12.6. The van der Waals surface area contributed by atoms with Gasteiger partial charge in [-0.25, -0.2) is 4.57 Å². The number of hydrogen-bond donors (Lipinski definition) is 2. The second kappa shape index (κ2) is 48.9. The molecule has 9 heteroatoms. The van der Waals surface area contributed by atoms with Crippen LogP contribution >= 0.6 is 7.82 Å². The molecule has 2 atom stereocenters. The van der Waals surface area contributed by atoms with Gasteiger partial charge < -0.3 is 20.1 Å². The fourth-order valence-corrected chi connectivity index (χ4v) is 6.70. The van der Waals surface area contributed by atoms with E-state index < -0.39 is 13.9 Å².